The number of nitrogens with one attached hydrogen (secondary N) is 2. The van der Waals surface area contributed by atoms with E-state index in [0.717, 1.165) is 25.2 Å². The quantitative estimate of drug-likeness (QED) is 0.818. The first-order chi connectivity index (χ1) is 9.16. The Labute approximate surface area is 115 Å². The van der Waals surface area contributed by atoms with Crippen molar-refractivity contribution in [3.63, 3.8) is 0 Å². The molecule has 1 fully saturated rings. The van der Waals surface area contributed by atoms with Gasteiger partial charge in [0.15, 0.2) is 0 Å². The average Bonchev–Trinajstić information content (AvgIpc) is 2.65. The smallest absolute Gasteiger partial charge is 0.226 e. The van der Waals surface area contributed by atoms with Gasteiger partial charge in [0.25, 0.3) is 0 Å². The molecule has 2 rings (SSSR count). The lowest BCUT2D eigenvalue weighted by Crippen LogP contribution is -2.28. The molecule has 2 aliphatic rings. The van der Waals surface area contributed by atoms with Crippen LogP contribution in [-0.4, -0.2) is 19.0 Å². The average molecular weight is 260 g/mol. The van der Waals surface area contributed by atoms with Crippen molar-refractivity contribution in [2.75, 3.05) is 13.1 Å². The zero-order valence-corrected chi connectivity index (χ0v) is 11.9. The van der Waals surface area contributed by atoms with E-state index in [1.165, 1.54) is 18.4 Å². The predicted octanol–water partition coefficient (Wildman–Crippen LogP) is 2.53. The van der Waals surface area contributed by atoms with Gasteiger partial charge >= 0.3 is 0 Å². The zero-order chi connectivity index (χ0) is 13.7. The van der Waals surface area contributed by atoms with Gasteiger partial charge in [-0.2, -0.15) is 0 Å². The van der Waals surface area contributed by atoms with Crippen LogP contribution in [0.3, 0.4) is 0 Å². The summed E-state index contributed by atoms with van der Waals surface area (Å²) < 4.78 is 0. The Morgan fingerprint density at radius 1 is 1.37 bits per heavy atom. The third-order valence-electron chi connectivity index (χ3n) is 3.76. The van der Waals surface area contributed by atoms with Gasteiger partial charge in [0.2, 0.25) is 5.91 Å². The molecule has 0 spiro atoms. The summed E-state index contributed by atoms with van der Waals surface area (Å²) >= 11 is 0. The molecule has 3 nitrogen and oxygen atoms in total. The summed E-state index contributed by atoms with van der Waals surface area (Å²) in [6.07, 6.45) is 11.8. The van der Waals surface area contributed by atoms with E-state index in [1.54, 1.807) is 0 Å². The highest BCUT2D eigenvalue weighted by molar-refractivity contribution is 5.79. The second-order valence-electron chi connectivity index (χ2n) is 5.63. The van der Waals surface area contributed by atoms with Crippen molar-refractivity contribution in [3.05, 3.63) is 35.6 Å². The fourth-order valence-electron chi connectivity index (χ4n) is 2.49. The Kier molecular flexibility index (Phi) is 4.97. The fraction of sp³-hybridized carbons (Fsp3) is 0.562. The third kappa shape index (κ3) is 4.06. The molecular weight excluding hydrogens is 236 g/mol. The Balaban J connectivity index is 1.95. The van der Waals surface area contributed by atoms with E-state index in [1.807, 2.05) is 19.9 Å². The maximum absolute atomic E-state index is 11.7. The Morgan fingerprint density at radius 2 is 2.11 bits per heavy atom. The van der Waals surface area contributed by atoms with Crippen molar-refractivity contribution >= 4 is 5.91 Å². The SMILES string of the molecule is CC(C)C(=O)NC1=CC=CC(C2CCNCC2)=CC1. The molecule has 0 aromatic heterocycles. The van der Waals surface area contributed by atoms with Gasteiger partial charge in [-0.25, -0.2) is 0 Å². The van der Waals surface area contributed by atoms with Gasteiger partial charge in [-0.1, -0.05) is 32.1 Å². The fourth-order valence-corrected chi connectivity index (χ4v) is 2.49. The first kappa shape index (κ1) is 14.1. The minimum absolute atomic E-state index is 0.0287. The monoisotopic (exact) mass is 260 g/mol. The molecule has 1 aliphatic carbocycles. The van der Waals surface area contributed by atoms with Gasteiger partial charge in [0, 0.05) is 18.0 Å². The molecule has 3 heteroatoms. The molecule has 1 saturated heterocycles. The van der Waals surface area contributed by atoms with Crippen molar-refractivity contribution in [2.24, 2.45) is 11.8 Å². The Hall–Kier alpha value is -1.35. The Bertz CT molecular complexity index is 412. The van der Waals surface area contributed by atoms with Crippen LogP contribution >= 0.6 is 0 Å². The third-order valence-corrected chi connectivity index (χ3v) is 3.76. The molecule has 1 heterocycles. The summed E-state index contributed by atoms with van der Waals surface area (Å²) in [5.41, 5.74) is 2.42. The summed E-state index contributed by atoms with van der Waals surface area (Å²) in [4.78, 5) is 11.7. The van der Waals surface area contributed by atoms with E-state index in [9.17, 15) is 4.79 Å². The molecule has 0 bridgehead atoms. The molecule has 0 saturated carbocycles. The topological polar surface area (TPSA) is 41.1 Å². The van der Waals surface area contributed by atoms with Crippen LogP contribution < -0.4 is 10.6 Å². The molecule has 0 aromatic rings. The number of hydrogen-bond donors (Lipinski definition) is 2. The number of carbonyl (C=O) groups is 1. The van der Waals surface area contributed by atoms with E-state index in [2.05, 4.69) is 28.9 Å². The van der Waals surface area contributed by atoms with Crippen LogP contribution in [0.5, 0.6) is 0 Å². The number of hydrogen-bond acceptors (Lipinski definition) is 2. The van der Waals surface area contributed by atoms with Gasteiger partial charge in [-0.15, -0.1) is 0 Å². The summed E-state index contributed by atoms with van der Waals surface area (Å²) in [5, 5.41) is 6.39. The molecule has 2 N–H and O–H groups in total. The van der Waals surface area contributed by atoms with Crippen LogP contribution in [0.2, 0.25) is 0 Å². The predicted molar refractivity (Wildman–Crippen MR) is 78.5 cm³/mol. The van der Waals surface area contributed by atoms with Gasteiger partial charge < -0.3 is 10.6 Å². The van der Waals surface area contributed by atoms with Crippen LogP contribution in [0.1, 0.15) is 33.1 Å². The van der Waals surface area contributed by atoms with Crippen LogP contribution in [0, 0.1) is 11.8 Å². The number of piperidine rings is 1. The van der Waals surface area contributed by atoms with Crippen LogP contribution in [-0.2, 0) is 4.79 Å². The van der Waals surface area contributed by atoms with Crippen molar-refractivity contribution in [1.29, 1.82) is 0 Å². The van der Waals surface area contributed by atoms with Gasteiger partial charge in [-0.3, -0.25) is 4.79 Å². The highest BCUT2D eigenvalue weighted by Gasteiger charge is 2.16. The van der Waals surface area contributed by atoms with Crippen LogP contribution in [0.15, 0.2) is 35.6 Å². The number of rotatable bonds is 3. The minimum Gasteiger partial charge on any atom is -0.329 e. The molecule has 0 aromatic carbocycles. The zero-order valence-electron chi connectivity index (χ0n) is 11.9. The minimum atomic E-state index is 0.0287. The van der Waals surface area contributed by atoms with E-state index in [4.69, 9.17) is 0 Å². The normalized spacial score (nSPS) is 20.8. The van der Waals surface area contributed by atoms with Crippen molar-refractivity contribution in [2.45, 2.75) is 33.1 Å². The lowest BCUT2D eigenvalue weighted by molar-refractivity contribution is -0.123. The van der Waals surface area contributed by atoms with E-state index in [-0.39, 0.29) is 11.8 Å². The molecule has 0 atom stereocenters. The second-order valence-corrected chi connectivity index (χ2v) is 5.63. The number of allylic oxidation sites excluding steroid dienone is 5. The van der Waals surface area contributed by atoms with Gasteiger partial charge in [-0.05, 0) is 43.5 Å². The summed E-state index contributed by atoms with van der Waals surface area (Å²) in [7, 11) is 0. The molecular formula is C16H24N2O. The van der Waals surface area contributed by atoms with Crippen LogP contribution in [0.25, 0.3) is 0 Å². The molecule has 19 heavy (non-hydrogen) atoms. The lowest BCUT2D eigenvalue weighted by atomic mass is 9.89. The summed E-state index contributed by atoms with van der Waals surface area (Å²) in [6, 6.07) is 0. The lowest BCUT2D eigenvalue weighted by Gasteiger charge is -2.23. The first-order valence-corrected chi connectivity index (χ1v) is 7.25. The largest absolute Gasteiger partial charge is 0.329 e. The summed E-state index contributed by atoms with van der Waals surface area (Å²) in [5.74, 6) is 0.797. The van der Waals surface area contributed by atoms with Crippen molar-refractivity contribution < 1.29 is 4.79 Å². The highest BCUT2D eigenvalue weighted by atomic mass is 16.1. The Morgan fingerprint density at radius 3 is 2.79 bits per heavy atom. The van der Waals surface area contributed by atoms with E-state index >= 15 is 0 Å². The van der Waals surface area contributed by atoms with Gasteiger partial charge in [0.05, 0.1) is 0 Å². The first-order valence-electron chi connectivity index (χ1n) is 7.25. The number of carbonyl (C=O) groups excluding carboxylic acids is 1. The molecule has 0 unspecified atom stereocenters. The maximum Gasteiger partial charge on any atom is 0.226 e. The summed E-state index contributed by atoms with van der Waals surface area (Å²) in [6.45, 7) is 6.05. The van der Waals surface area contributed by atoms with Crippen molar-refractivity contribution in [3.8, 4) is 0 Å². The van der Waals surface area contributed by atoms with E-state index in [0.29, 0.717) is 5.92 Å². The molecule has 1 aliphatic heterocycles. The maximum atomic E-state index is 11.7. The standard InChI is InChI=1S/C16H24N2O/c1-12(2)16(19)18-15-5-3-4-13(6-7-15)14-8-10-17-11-9-14/h3-6,12,14,17H,7-11H2,1-2H3,(H,18,19). The van der Waals surface area contributed by atoms with Crippen LogP contribution in [0.4, 0.5) is 0 Å². The molecule has 104 valence electrons. The molecule has 0 radical (unpaired) electrons. The highest BCUT2D eigenvalue weighted by Crippen LogP contribution is 2.25. The number of amides is 1. The van der Waals surface area contributed by atoms with Crippen molar-refractivity contribution in [1.82, 2.24) is 10.6 Å². The molecule has 1 amide bonds. The second kappa shape index (κ2) is 6.71. The van der Waals surface area contributed by atoms with E-state index < -0.39 is 0 Å². The van der Waals surface area contributed by atoms with Gasteiger partial charge in [0.1, 0.15) is 0 Å².